The molecule has 0 spiro atoms. The minimum atomic E-state index is -2.12. The monoisotopic (exact) mass is 731 g/mol. The summed E-state index contributed by atoms with van der Waals surface area (Å²) >= 11 is 0. The van der Waals surface area contributed by atoms with Gasteiger partial charge in [0.2, 0.25) is 0 Å². The van der Waals surface area contributed by atoms with Crippen molar-refractivity contribution < 1.29 is 63.9 Å². The van der Waals surface area contributed by atoms with Crippen LogP contribution in [0.15, 0.2) is 11.3 Å². The molecule has 18 atom stereocenters. The third-order valence-electron chi connectivity index (χ3n) is 11.4. The van der Waals surface area contributed by atoms with Gasteiger partial charge in [-0.25, -0.2) is 0 Å². The number of ether oxygens (including phenoxy) is 6. The maximum absolute atomic E-state index is 14.1. The van der Waals surface area contributed by atoms with Gasteiger partial charge >= 0.3 is 5.97 Å². The molecule has 2 unspecified atom stereocenters. The van der Waals surface area contributed by atoms with E-state index in [-0.39, 0.29) is 24.6 Å². The zero-order valence-electron chi connectivity index (χ0n) is 32.4. The van der Waals surface area contributed by atoms with E-state index in [0.717, 1.165) is 5.57 Å². The Morgan fingerprint density at radius 3 is 2.12 bits per heavy atom. The SMILES string of the molecule is CC1=C2OC(C)(C1)[C@H](O[C@@H]1O[C@H](C)C[C@H](NC(C)C)[C@H]1O)[C@@H](C)[C@H](O[C@H]1C[C@@](C)(O)[C@@H](O)[C@H](C)O1)[C@@H](C)C(=O)O[C@H](C(C)O)[C@@](C)(O)[C@H](O)[C@H]2C. The summed E-state index contributed by atoms with van der Waals surface area (Å²) in [4.78, 5) is 14.1. The van der Waals surface area contributed by atoms with Crippen LogP contribution in [0.4, 0.5) is 0 Å². The molecular formula is C37H65NO13. The van der Waals surface area contributed by atoms with Crippen molar-refractivity contribution in [2.75, 3.05) is 0 Å². The predicted molar refractivity (Wildman–Crippen MR) is 185 cm³/mol. The molecule has 0 aliphatic carbocycles. The van der Waals surface area contributed by atoms with Gasteiger partial charge in [0.15, 0.2) is 18.7 Å². The second-order valence-corrected chi connectivity index (χ2v) is 16.8. The molecule has 14 heteroatoms. The fourth-order valence-electron chi connectivity index (χ4n) is 8.70. The third kappa shape index (κ3) is 8.77. The summed E-state index contributed by atoms with van der Waals surface area (Å²) in [6.07, 6.45) is -11.2. The van der Waals surface area contributed by atoms with Crippen molar-refractivity contribution in [2.45, 2.75) is 199 Å². The molecule has 0 radical (unpaired) electrons. The van der Waals surface area contributed by atoms with E-state index >= 15 is 0 Å². The van der Waals surface area contributed by atoms with Crippen LogP contribution in [0.2, 0.25) is 0 Å². The maximum Gasteiger partial charge on any atom is 0.311 e. The highest BCUT2D eigenvalue weighted by Crippen LogP contribution is 2.47. The molecule has 14 nitrogen and oxygen atoms in total. The predicted octanol–water partition coefficient (Wildman–Crippen LogP) is 1.65. The number of carbonyl (C=O) groups excluding carboxylic acids is 1. The number of hydrogen-bond donors (Lipinski definition) is 7. The molecule has 0 aromatic heterocycles. The molecule has 4 rings (SSSR count). The van der Waals surface area contributed by atoms with Crippen LogP contribution in [0.25, 0.3) is 0 Å². The van der Waals surface area contributed by atoms with Gasteiger partial charge in [-0.15, -0.1) is 0 Å². The van der Waals surface area contributed by atoms with Crippen LogP contribution in [-0.2, 0) is 33.2 Å². The number of fused-ring (bicyclic) bond motifs is 2. The number of nitrogens with one attached hydrogen (secondary N) is 1. The molecule has 0 amide bonds. The van der Waals surface area contributed by atoms with Gasteiger partial charge in [-0.05, 0) is 67.4 Å². The summed E-state index contributed by atoms with van der Waals surface area (Å²) < 4.78 is 38.3. The Morgan fingerprint density at radius 2 is 1.55 bits per heavy atom. The summed E-state index contributed by atoms with van der Waals surface area (Å²) in [6.45, 7) is 20.5. The number of carbonyl (C=O) groups is 1. The van der Waals surface area contributed by atoms with Crippen molar-refractivity contribution in [1.82, 2.24) is 5.32 Å². The molecule has 2 bridgehead atoms. The molecular weight excluding hydrogens is 666 g/mol. The lowest BCUT2D eigenvalue weighted by atomic mass is 9.78. The van der Waals surface area contributed by atoms with Crippen molar-refractivity contribution in [3.63, 3.8) is 0 Å². The first-order valence-corrected chi connectivity index (χ1v) is 18.5. The molecule has 0 saturated carbocycles. The van der Waals surface area contributed by atoms with Gasteiger partial charge in [0.25, 0.3) is 0 Å². The van der Waals surface area contributed by atoms with Crippen molar-refractivity contribution in [1.29, 1.82) is 0 Å². The Labute approximate surface area is 302 Å². The normalized spacial score (nSPS) is 49.4. The minimum Gasteiger partial charge on any atom is -0.489 e. The van der Waals surface area contributed by atoms with Gasteiger partial charge in [0, 0.05) is 36.8 Å². The van der Waals surface area contributed by atoms with Crippen LogP contribution in [0.1, 0.15) is 102 Å². The highest BCUT2D eigenvalue weighted by Gasteiger charge is 2.56. The summed E-state index contributed by atoms with van der Waals surface area (Å²) in [5.41, 5.74) is -4.05. The summed E-state index contributed by atoms with van der Waals surface area (Å²) in [7, 11) is 0. The molecule has 3 saturated heterocycles. The van der Waals surface area contributed by atoms with Crippen molar-refractivity contribution in [3.8, 4) is 0 Å². The van der Waals surface area contributed by atoms with Crippen LogP contribution < -0.4 is 5.32 Å². The van der Waals surface area contributed by atoms with E-state index in [9.17, 15) is 35.4 Å². The average molecular weight is 732 g/mol. The van der Waals surface area contributed by atoms with Crippen LogP contribution >= 0.6 is 0 Å². The minimum absolute atomic E-state index is 0.0822. The Hall–Kier alpha value is -1.43. The Kier molecular flexibility index (Phi) is 13.1. The largest absolute Gasteiger partial charge is 0.489 e. The van der Waals surface area contributed by atoms with E-state index in [1.807, 2.05) is 41.5 Å². The number of esters is 1. The second kappa shape index (κ2) is 15.7. The average Bonchev–Trinajstić information content (AvgIpc) is 3.33. The van der Waals surface area contributed by atoms with Crippen LogP contribution in [0.3, 0.4) is 0 Å². The molecule has 4 heterocycles. The first-order chi connectivity index (χ1) is 23.4. The molecule has 7 N–H and O–H groups in total. The van der Waals surface area contributed by atoms with Crippen molar-refractivity contribution in [2.24, 2.45) is 17.8 Å². The second-order valence-electron chi connectivity index (χ2n) is 16.8. The smallest absolute Gasteiger partial charge is 0.311 e. The lowest BCUT2D eigenvalue weighted by molar-refractivity contribution is -0.313. The van der Waals surface area contributed by atoms with Gasteiger partial charge in [-0.3, -0.25) is 4.79 Å². The Balaban J connectivity index is 1.84. The molecule has 4 aliphatic heterocycles. The van der Waals surface area contributed by atoms with Crippen LogP contribution in [-0.4, -0.2) is 133 Å². The summed E-state index contributed by atoms with van der Waals surface area (Å²) in [5, 5.41) is 70.8. The van der Waals surface area contributed by atoms with Gasteiger partial charge in [-0.1, -0.05) is 27.7 Å². The van der Waals surface area contributed by atoms with Crippen LogP contribution in [0.5, 0.6) is 0 Å². The van der Waals surface area contributed by atoms with Gasteiger partial charge in [-0.2, -0.15) is 0 Å². The zero-order chi connectivity index (χ0) is 38.5. The van der Waals surface area contributed by atoms with Crippen molar-refractivity contribution >= 4 is 5.97 Å². The lowest BCUT2D eigenvalue weighted by Crippen LogP contribution is -2.60. The number of aliphatic hydroxyl groups excluding tert-OH is 4. The topological polar surface area (TPSA) is 206 Å². The van der Waals surface area contributed by atoms with Crippen LogP contribution in [0, 0.1) is 17.8 Å². The van der Waals surface area contributed by atoms with E-state index in [4.69, 9.17) is 28.4 Å². The van der Waals surface area contributed by atoms with E-state index in [1.165, 1.54) is 20.8 Å². The summed E-state index contributed by atoms with van der Waals surface area (Å²) in [6, 6.07) is -0.253. The Morgan fingerprint density at radius 1 is 0.922 bits per heavy atom. The quantitative estimate of drug-likeness (QED) is 0.186. The molecule has 296 valence electrons. The zero-order valence-corrected chi connectivity index (χ0v) is 32.4. The Bertz CT molecular complexity index is 1240. The number of aliphatic hydroxyl groups is 6. The third-order valence-corrected chi connectivity index (χ3v) is 11.4. The number of rotatable bonds is 7. The fraction of sp³-hybridized carbons (Fsp3) is 0.919. The molecule has 4 aliphatic rings. The standard InChI is InChI=1S/C37H65NO13/c1-16(2)38-24-13-18(4)46-34(26(24)40)50-31-20(6)28(48-25-15-35(10,44)30(42)23(9)47-25)21(7)33(43)49-32(22(8)39)37(12,45)29(41)19(5)27-17(3)14-36(31,11)51-27/h16,18-26,28-32,34,38-42,44-45H,13-15H2,1-12H3/t18-,19+,20+,21-,22?,23+,24+,25+,26-,28+,29-,30+,31-,32-,34+,35-,36?,37+/m1/s1. The fourth-order valence-corrected chi connectivity index (χ4v) is 8.70. The van der Waals surface area contributed by atoms with Gasteiger partial charge in [0.05, 0.1) is 42.0 Å². The van der Waals surface area contributed by atoms with Gasteiger partial charge in [0.1, 0.15) is 35.3 Å². The maximum atomic E-state index is 14.1. The highest BCUT2D eigenvalue weighted by atomic mass is 16.7. The first kappa shape index (κ1) is 42.3. The van der Waals surface area contributed by atoms with E-state index < -0.39 is 102 Å². The van der Waals surface area contributed by atoms with E-state index in [2.05, 4.69) is 5.32 Å². The molecule has 51 heavy (non-hydrogen) atoms. The number of cyclic esters (lactones) is 1. The first-order valence-electron chi connectivity index (χ1n) is 18.5. The molecule has 0 aromatic carbocycles. The van der Waals surface area contributed by atoms with E-state index in [0.29, 0.717) is 18.6 Å². The lowest BCUT2D eigenvalue weighted by Gasteiger charge is -2.48. The number of hydrogen-bond acceptors (Lipinski definition) is 14. The highest BCUT2D eigenvalue weighted by molar-refractivity contribution is 5.73. The molecule has 3 fully saturated rings. The van der Waals surface area contributed by atoms with Crippen molar-refractivity contribution in [3.05, 3.63) is 11.3 Å². The van der Waals surface area contributed by atoms with E-state index in [1.54, 1.807) is 20.8 Å². The molecule has 0 aromatic rings. The van der Waals surface area contributed by atoms with Gasteiger partial charge < -0.3 is 64.4 Å². The summed E-state index contributed by atoms with van der Waals surface area (Å²) in [5.74, 6) is -3.04.